The highest BCUT2D eigenvalue weighted by molar-refractivity contribution is 6.76. The summed E-state index contributed by atoms with van der Waals surface area (Å²) >= 11 is 0. The Morgan fingerprint density at radius 3 is 2.36 bits per heavy atom. The zero-order valence-corrected chi connectivity index (χ0v) is 14.2. The summed E-state index contributed by atoms with van der Waals surface area (Å²) in [6.45, 7) is 7.09. The molecule has 112 valence electrons. The first-order chi connectivity index (χ1) is 10.5. The van der Waals surface area contributed by atoms with E-state index in [0.717, 1.165) is 17.5 Å². The van der Waals surface area contributed by atoms with E-state index in [9.17, 15) is 0 Å². The lowest BCUT2D eigenvalue weighted by atomic mass is 10.3. The van der Waals surface area contributed by atoms with Crippen LogP contribution in [0.15, 0.2) is 54.9 Å². The van der Waals surface area contributed by atoms with Gasteiger partial charge in [0.05, 0.1) is 8.07 Å². The first kappa shape index (κ1) is 14.7. The predicted molar refractivity (Wildman–Crippen MR) is 94.1 cm³/mol. The molecule has 0 fully saturated rings. The van der Waals surface area contributed by atoms with Gasteiger partial charge in [-0.2, -0.15) is 0 Å². The molecule has 5 heteroatoms. The second-order valence-corrected chi connectivity index (χ2v) is 12.0. The van der Waals surface area contributed by atoms with Gasteiger partial charge in [0.2, 0.25) is 0 Å². The van der Waals surface area contributed by atoms with Crippen LogP contribution in [-0.2, 0) is 0 Å². The highest BCUT2D eigenvalue weighted by Crippen LogP contribution is 2.26. The molecular formula is C17H20N4Si. The number of para-hydroxylation sites is 1. The van der Waals surface area contributed by atoms with Crippen molar-refractivity contribution in [2.24, 2.45) is 0 Å². The molecule has 2 aromatic heterocycles. The van der Waals surface area contributed by atoms with Gasteiger partial charge >= 0.3 is 0 Å². The molecule has 0 N–H and O–H groups in total. The number of rotatable bonds is 4. The number of anilines is 2. The first-order valence-corrected chi connectivity index (χ1v) is 11.1. The van der Waals surface area contributed by atoms with Crippen molar-refractivity contribution in [3.05, 3.63) is 54.9 Å². The van der Waals surface area contributed by atoms with Crippen molar-refractivity contribution in [2.75, 3.05) is 11.1 Å². The Morgan fingerprint density at radius 1 is 0.909 bits per heavy atom. The SMILES string of the molecule is C[Si](C)(C)CN(c1ccccc1)c1ccc2nccnc2n1. The lowest BCUT2D eigenvalue weighted by Gasteiger charge is -2.30. The number of nitrogens with zero attached hydrogens (tertiary/aromatic N) is 4. The van der Waals surface area contributed by atoms with Crippen LogP contribution in [0.1, 0.15) is 0 Å². The molecule has 0 aliphatic carbocycles. The molecule has 0 radical (unpaired) electrons. The summed E-state index contributed by atoms with van der Waals surface area (Å²) in [4.78, 5) is 15.6. The van der Waals surface area contributed by atoms with Gasteiger partial charge in [-0.3, -0.25) is 4.98 Å². The Kier molecular flexibility index (Phi) is 3.89. The summed E-state index contributed by atoms with van der Waals surface area (Å²) in [6.07, 6.45) is 4.39. The van der Waals surface area contributed by atoms with Crippen molar-refractivity contribution >= 4 is 30.7 Å². The van der Waals surface area contributed by atoms with E-state index >= 15 is 0 Å². The molecule has 22 heavy (non-hydrogen) atoms. The molecule has 0 unspecified atom stereocenters. The van der Waals surface area contributed by atoms with Crippen molar-refractivity contribution in [1.82, 2.24) is 15.0 Å². The Bertz CT molecular complexity index is 768. The Morgan fingerprint density at radius 2 is 1.64 bits per heavy atom. The third-order valence-electron chi connectivity index (χ3n) is 3.29. The quantitative estimate of drug-likeness (QED) is 0.682. The fourth-order valence-corrected chi connectivity index (χ4v) is 3.67. The third-order valence-corrected chi connectivity index (χ3v) is 4.56. The summed E-state index contributed by atoms with van der Waals surface area (Å²) < 4.78 is 0. The molecule has 0 aliphatic rings. The Labute approximate surface area is 131 Å². The van der Waals surface area contributed by atoms with E-state index < -0.39 is 8.07 Å². The fraction of sp³-hybridized carbons (Fsp3) is 0.235. The minimum absolute atomic E-state index is 0.691. The molecule has 2 heterocycles. The van der Waals surface area contributed by atoms with E-state index in [1.807, 2.05) is 18.2 Å². The maximum atomic E-state index is 4.71. The van der Waals surface area contributed by atoms with Crippen molar-refractivity contribution < 1.29 is 0 Å². The van der Waals surface area contributed by atoms with E-state index in [2.05, 4.69) is 58.8 Å². The topological polar surface area (TPSA) is 41.9 Å². The summed E-state index contributed by atoms with van der Waals surface area (Å²) in [5, 5.41) is 0. The fourth-order valence-electron chi connectivity index (χ4n) is 2.38. The highest BCUT2D eigenvalue weighted by Gasteiger charge is 2.21. The average molecular weight is 308 g/mol. The number of pyridine rings is 1. The van der Waals surface area contributed by atoms with Gasteiger partial charge < -0.3 is 4.90 Å². The van der Waals surface area contributed by atoms with Crippen LogP contribution in [0.4, 0.5) is 11.5 Å². The van der Waals surface area contributed by atoms with Crippen LogP contribution in [-0.4, -0.2) is 29.2 Å². The number of hydrogen-bond acceptors (Lipinski definition) is 4. The van der Waals surface area contributed by atoms with Gasteiger partial charge in [-0.15, -0.1) is 0 Å². The lowest BCUT2D eigenvalue weighted by Crippen LogP contribution is -2.38. The van der Waals surface area contributed by atoms with Gasteiger partial charge in [0.15, 0.2) is 5.65 Å². The third kappa shape index (κ3) is 3.31. The molecule has 0 saturated heterocycles. The van der Waals surface area contributed by atoms with E-state index in [1.54, 1.807) is 12.4 Å². The maximum Gasteiger partial charge on any atom is 0.180 e. The van der Waals surface area contributed by atoms with Crippen LogP contribution < -0.4 is 4.90 Å². The molecule has 0 amide bonds. The van der Waals surface area contributed by atoms with Crippen LogP contribution in [0, 0.1) is 0 Å². The van der Waals surface area contributed by atoms with Crippen molar-refractivity contribution in [3.63, 3.8) is 0 Å². The largest absolute Gasteiger partial charge is 0.329 e. The first-order valence-electron chi connectivity index (χ1n) is 7.43. The van der Waals surface area contributed by atoms with Crippen LogP contribution in [0.5, 0.6) is 0 Å². The molecule has 3 aromatic rings. The molecule has 0 bridgehead atoms. The monoisotopic (exact) mass is 308 g/mol. The minimum atomic E-state index is -1.30. The maximum absolute atomic E-state index is 4.71. The normalized spacial score (nSPS) is 11.6. The summed E-state index contributed by atoms with van der Waals surface area (Å²) in [5.74, 6) is 0.932. The van der Waals surface area contributed by atoms with Crippen molar-refractivity contribution in [2.45, 2.75) is 19.6 Å². The minimum Gasteiger partial charge on any atom is -0.329 e. The molecule has 0 saturated carbocycles. The number of hydrogen-bond donors (Lipinski definition) is 0. The molecule has 3 rings (SSSR count). The van der Waals surface area contributed by atoms with Gasteiger partial charge in [0.1, 0.15) is 11.3 Å². The van der Waals surface area contributed by atoms with Gasteiger partial charge in [-0.25, -0.2) is 9.97 Å². The van der Waals surface area contributed by atoms with Gasteiger partial charge in [-0.05, 0) is 24.3 Å². The standard InChI is InChI=1S/C17H20N4Si/c1-22(2,3)13-21(14-7-5-4-6-8-14)16-10-9-15-17(20-16)19-12-11-18-15/h4-12H,13H2,1-3H3. The van der Waals surface area contributed by atoms with Crippen molar-refractivity contribution in [1.29, 1.82) is 0 Å². The molecule has 4 nitrogen and oxygen atoms in total. The smallest absolute Gasteiger partial charge is 0.180 e. The molecule has 0 atom stereocenters. The lowest BCUT2D eigenvalue weighted by molar-refractivity contribution is 1.07. The number of aromatic nitrogens is 3. The molecular weight excluding hydrogens is 288 g/mol. The second kappa shape index (κ2) is 5.85. The van der Waals surface area contributed by atoms with E-state index in [4.69, 9.17) is 4.98 Å². The average Bonchev–Trinajstić information content (AvgIpc) is 2.52. The van der Waals surface area contributed by atoms with Gasteiger partial charge in [0.25, 0.3) is 0 Å². The van der Waals surface area contributed by atoms with Crippen LogP contribution in [0.3, 0.4) is 0 Å². The zero-order chi connectivity index (χ0) is 15.6. The molecule has 0 aliphatic heterocycles. The van der Waals surface area contributed by atoms with E-state index in [0.29, 0.717) is 5.65 Å². The van der Waals surface area contributed by atoms with Gasteiger partial charge in [-0.1, -0.05) is 37.8 Å². The van der Waals surface area contributed by atoms with E-state index in [1.165, 1.54) is 5.69 Å². The highest BCUT2D eigenvalue weighted by atomic mass is 28.3. The van der Waals surface area contributed by atoms with Crippen LogP contribution in [0.25, 0.3) is 11.2 Å². The van der Waals surface area contributed by atoms with E-state index in [-0.39, 0.29) is 0 Å². The van der Waals surface area contributed by atoms with Crippen molar-refractivity contribution in [3.8, 4) is 0 Å². The summed E-state index contributed by atoms with van der Waals surface area (Å²) in [7, 11) is -1.30. The number of benzene rings is 1. The second-order valence-electron chi connectivity index (χ2n) is 6.55. The predicted octanol–water partition coefficient (Wildman–Crippen LogP) is 4.04. The van der Waals surface area contributed by atoms with Crippen LogP contribution >= 0.6 is 0 Å². The van der Waals surface area contributed by atoms with Crippen LogP contribution in [0.2, 0.25) is 19.6 Å². The summed E-state index contributed by atoms with van der Waals surface area (Å²) in [6, 6.07) is 14.4. The summed E-state index contributed by atoms with van der Waals surface area (Å²) in [5.41, 5.74) is 2.68. The zero-order valence-electron chi connectivity index (χ0n) is 13.2. The number of fused-ring (bicyclic) bond motifs is 1. The Balaban J connectivity index is 2.07. The molecule has 1 aromatic carbocycles. The Hall–Kier alpha value is -2.27. The van der Waals surface area contributed by atoms with Gasteiger partial charge in [0, 0.05) is 24.2 Å². The molecule has 0 spiro atoms.